The van der Waals surface area contributed by atoms with Crippen LogP contribution in [0, 0.1) is 0 Å². The van der Waals surface area contributed by atoms with E-state index in [2.05, 4.69) is 5.32 Å². The van der Waals surface area contributed by atoms with Gasteiger partial charge in [0.25, 0.3) is 0 Å². The van der Waals surface area contributed by atoms with E-state index < -0.39 is 11.1 Å². The molecule has 0 radical (unpaired) electrons. The summed E-state index contributed by atoms with van der Waals surface area (Å²) in [5, 5.41) is 2.66. The van der Waals surface area contributed by atoms with Crippen LogP contribution < -0.4 is 22.2 Å². The van der Waals surface area contributed by atoms with Crippen molar-refractivity contribution in [3.8, 4) is 0 Å². The average Bonchev–Trinajstić information content (AvgIpc) is 2.46. The zero-order valence-electron chi connectivity index (χ0n) is 11.6. The molecule has 0 saturated heterocycles. The van der Waals surface area contributed by atoms with E-state index in [1.54, 1.807) is 24.3 Å². The second-order valence-corrected chi connectivity index (χ2v) is 4.60. The van der Waals surface area contributed by atoms with Crippen molar-refractivity contribution >= 4 is 17.3 Å². The van der Waals surface area contributed by atoms with Crippen LogP contribution in [0.1, 0.15) is 6.42 Å². The van der Waals surface area contributed by atoms with Gasteiger partial charge in [-0.05, 0) is 12.1 Å². The van der Waals surface area contributed by atoms with Crippen LogP contribution in [-0.2, 0) is 18.4 Å². The van der Waals surface area contributed by atoms with E-state index in [9.17, 15) is 14.4 Å². The van der Waals surface area contributed by atoms with Crippen LogP contribution in [0.5, 0.6) is 0 Å². The first-order valence-electron chi connectivity index (χ1n) is 6.39. The van der Waals surface area contributed by atoms with E-state index in [0.29, 0.717) is 11.4 Å². The van der Waals surface area contributed by atoms with Crippen molar-refractivity contribution < 1.29 is 4.79 Å². The highest BCUT2D eigenvalue weighted by molar-refractivity contribution is 5.93. The van der Waals surface area contributed by atoms with Gasteiger partial charge in [-0.2, -0.15) is 0 Å². The summed E-state index contributed by atoms with van der Waals surface area (Å²) in [6.45, 7) is 0.132. The van der Waals surface area contributed by atoms with Crippen molar-refractivity contribution in [2.75, 3.05) is 11.1 Å². The molecule has 1 heterocycles. The van der Waals surface area contributed by atoms with Crippen molar-refractivity contribution in [1.82, 2.24) is 9.13 Å². The minimum atomic E-state index is -0.646. The smallest absolute Gasteiger partial charge is 0.316 e. The predicted molar refractivity (Wildman–Crippen MR) is 80.0 cm³/mol. The summed E-state index contributed by atoms with van der Waals surface area (Å²) in [6.07, 6.45) is 3.03. The lowest BCUT2D eigenvalue weighted by molar-refractivity contribution is -0.116. The molecule has 110 valence electrons. The van der Waals surface area contributed by atoms with Crippen LogP contribution in [0.3, 0.4) is 0 Å². The second kappa shape index (κ2) is 6.08. The van der Waals surface area contributed by atoms with Crippen LogP contribution in [0.2, 0.25) is 0 Å². The zero-order chi connectivity index (χ0) is 15.4. The summed E-state index contributed by atoms with van der Waals surface area (Å²) >= 11 is 0. The fraction of sp³-hybridized carbons (Fsp3) is 0.214. The van der Waals surface area contributed by atoms with Crippen LogP contribution in [0.15, 0.2) is 46.2 Å². The number of anilines is 2. The molecule has 0 aliphatic carbocycles. The van der Waals surface area contributed by atoms with E-state index >= 15 is 0 Å². The molecule has 0 atom stereocenters. The molecule has 2 rings (SSSR count). The fourth-order valence-electron chi connectivity index (χ4n) is 1.81. The highest BCUT2D eigenvalue weighted by atomic mass is 16.2. The van der Waals surface area contributed by atoms with Gasteiger partial charge in [0.05, 0.1) is 11.4 Å². The van der Waals surface area contributed by atoms with Gasteiger partial charge in [-0.3, -0.25) is 14.4 Å². The van der Waals surface area contributed by atoms with E-state index in [0.717, 1.165) is 0 Å². The van der Waals surface area contributed by atoms with Gasteiger partial charge in [0.15, 0.2) is 0 Å². The van der Waals surface area contributed by atoms with Gasteiger partial charge in [0.1, 0.15) is 0 Å². The number of hydrogen-bond acceptors (Lipinski definition) is 4. The Morgan fingerprint density at radius 3 is 2.62 bits per heavy atom. The van der Waals surface area contributed by atoms with Crippen molar-refractivity contribution in [1.29, 1.82) is 0 Å². The molecule has 0 unspecified atom stereocenters. The highest BCUT2D eigenvalue weighted by Gasteiger charge is 2.07. The van der Waals surface area contributed by atoms with Crippen LogP contribution in [0.25, 0.3) is 0 Å². The molecular weight excluding hydrogens is 272 g/mol. The summed E-state index contributed by atoms with van der Waals surface area (Å²) < 4.78 is 2.42. The molecule has 0 saturated carbocycles. The number of benzene rings is 1. The van der Waals surface area contributed by atoms with Crippen molar-refractivity contribution in [2.45, 2.75) is 13.0 Å². The average molecular weight is 288 g/mol. The minimum absolute atomic E-state index is 0.0708. The number of para-hydroxylation sites is 2. The Hall–Kier alpha value is -2.83. The summed E-state index contributed by atoms with van der Waals surface area (Å²) in [7, 11) is 1.50. The maximum absolute atomic E-state index is 11.8. The molecule has 0 bridgehead atoms. The van der Waals surface area contributed by atoms with Gasteiger partial charge in [-0.15, -0.1) is 0 Å². The van der Waals surface area contributed by atoms with Crippen LogP contribution >= 0.6 is 0 Å². The molecule has 1 amide bonds. The summed E-state index contributed by atoms with van der Waals surface area (Å²) in [4.78, 5) is 35.0. The lowest BCUT2D eigenvalue weighted by atomic mass is 10.2. The number of nitrogens with zero attached hydrogens (tertiary/aromatic N) is 2. The van der Waals surface area contributed by atoms with Gasteiger partial charge in [0.2, 0.25) is 5.91 Å². The third kappa shape index (κ3) is 3.38. The number of rotatable bonds is 4. The molecule has 1 aromatic carbocycles. The Bertz CT molecular complexity index is 776. The van der Waals surface area contributed by atoms with Gasteiger partial charge in [-0.1, -0.05) is 12.1 Å². The second-order valence-electron chi connectivity index (χ2n) is 4.60. The third-order valence-corrected chi connectivity index (χ3v) is 3.05. The molecule has 7 nitrogen and oxygen atoms in total. The van der Waals surface area contributed by atoms with E-state index in [1.165, 1.54) is 28.6 Å². The SMILES string of the molecule is Cn1ccn(CCC(=O)Nc2ccccc2N)c(=O)c1=O. The predicted octanol–water partition coefficient (Wildman–Crippen LogP) is 0.158. The molecule has 0 aliphatic heterocycles. The lowest BCUT2D eigenvalue weighted by Crippen LogP contribution is -2.39. The number of amides is 1. The fourth-order valence-corrected chi connectivity index (χ4v) is 1.81. The zero-order valence-corrected chi connectivity index (χ0v) is 11.6. The molecule has 0 fully saturated rings. The quantitative estimate of drug-likeness (QED) is 0.618. The van der Waals surface area contributed by atoms with Gasteiger partial charge in [-0.25, -0.2) is 0 Å². The monoisotopic (exact) mass is 288 g/mol. The summed E-state index contributed by atoms with van der Waals surface area (Å²) in [5.74, 6) is -0.277. The molecule has 1 aromatic heterocycles. The first kappa shape index (κ1) is 14.6. The Balaban J connectivity index is 2.02. The number of nitrogens with two attached hydrogens (primary N) is 1. The molecule has 2 aromatic rings. The topological polar surface area (TPSA) is 99.1 Å². The first-order chi connectivity index (χ1) is 9.99. The number of nitrogens with one attached hydrogen (secondary N) is 1. The number of aryl methyl sites for hydroxylation is 2. The van der Waals surface area contributed by atoms with Crippen molar-refractivity contribution in [3.05, 3.63) is 57.4 Å². The number of carbonyl (C=O) groups is 1. The number of hydrogen-bond donors (Lipinski definition) is 2. The lowest BCUT2D eigenvalue weighted by Gasteiger charge is -2.09. The first-order valence-corrected chi connectivity index (χ1v) is 6.39. The highest BCUT2D eigenvalue weighted by Crippen LogP contribution is 2.16. The Kier molecular flexibility index (Phi) is 4.22. The van der Waals surface area contributed by atoms with E-state index in [1.807, 2.05) is 0 Å². The third-order valence-electron chi connectivity index (χ3n) is 3.05. The molecule has 7 heteroatoms. The molecular formula is C14H16N4O3. The largest absolute Gasteiger partial charge is 0.397 e. The number of carbonyl (C=O) groups excluding carboxylic acids is 1. The van der Waals surface area contributed by atoms with Crippen LogP contribution in [0.4, 0.5) is 11.4 Å². The van der Waals surface area contributed by atoms with Gasteiger partial charge in [0, 0.05) is 32.4 Å². The normalized spacial score (nSPS) is 10.3. The number of nitrogen functional groups attached to an aromatic ring is 1. The maximum atomic E-state index is 11.8. The Morgan fingerprint density at radius 2 is 1.90 bits per heavy atom. The summed E-state index contributed by atoms with van der Waals surface area (Å²) in [6, 6.07) is 6.90. The van der Waals surface area contributed by atoms with Gasteiger partial charge < -0.3 is 20.2 Å². The van der Waals surface area contributed by atoms with E-state index in [4.69, 9.17) is 5.73 Å². The van der Waals surface area contributed by atoms with Gasteiger partial charge >= 0.3 is 11.1 Å². The number of aromatic nitrogens is 2. The molecule has 3 N–H and O–H groups in total. The van der Waals surface area contributed by atoms with E-state index in [-0.39, 0.29) is 18.9 Å². The Morgan fingerprint density at radius 1 is 1.19 bits per heavy atom. The van der Waals surface area contributed by atoms with Crippen molar-refractivity contribution in [3.63, 3.8) is 0 Å². The standard InChI is InChI=1S/C14H16N4O3/c1-17-8-9-18(14(21)13(17)20)7-6-12(19)16-11-5-3-2-4-10(11)15/h2-5,8-9H,6-7,15H2,1H3,(H,16,19). The molecule has 21 heavy (non-hydrogen) atoms. The van der Waals surface area contributed by atoms with Crippen molar-refractivity contribution in [2.24, 2.45) is 7.05 Å². The molecule has 0 spiro atoms. The summed E-state index contributed by atoms with van der Waals surface area (Å²) in [5.41, 5.74) is 5.45. The maximum Gasteiger partial charge on any atom is 0.316 e. The van der Waals surface area contributed by atoms with Crippen LogP contribution in [-0.4, -0.2) is 15.0 Å². The Labute approximate surface area is 120 Å². The molecule has 0 aliphatic rings. The minimum Gasteiger partial charge on any atom is -0.397 e.